The van der Waals surface area contributed by atoms with Crippen molar-refractivity contribution < 1.29 is 26.5 Å². The number of fused-ring (bicyclic) bond motifs is 26. The zero-order valence-corrected chi connectivity index (χ0v) is 55.2. The molecule has 0 fully saturated rings. The maximum atomic E-state index is 6.70. The van der Waals surface area contributed by atoms with Crippen molar-refractivity contribution in [2.24, 2.45) is 0 Å². The average molecular weight is 1300 g/mol. The predicted octanol–water partition coefficient (Wildman–Crippen LogP) is 28.6. The number of rotatable bonds is 0. The Labute approximate surface area is 578 Å². The molecule has 0 saturated carbocycles. The topological polar surface area (TPSA) is 78.8 Å². The van der Waals surface area contributed by atoms with Gasteiger partial charge in [0.05, 0.1) is 0 Å². The first kappa shape index (κ1) is 55.6. The minimum absolute atomic E-state index is 0.899. The second-order valence-electron chi connectivity index (χ2n) is 27.5. The smallest absolute Gasteiger partial charge is 0.143 e. The van der Waals surface area contributed by atoms with Crippen LogP contribution < -0.4 is 0 Å². The minimum Gasteiger partial charge on any atom is -0.456 e. The fraction of sp³-hybridized carbons (Fsp3) is 0.0208. The summed E-state index contributed by atoms with van der Waals surface area (Å²) in [5.74, 6) is 0. The number of benzene rings is 19. The highest BCUT2D eigenvalue weighted by atomic mass is 16.3. The summed E-state index contributed by atoms with van der Waals surface area (Å²) < 4.78 is 39.5. The van der Waals surface area contributed by atoms with Gasteiger partial charge in [-0.1, -0.05) is 218 Å². The molecule has 0 spiro atoms. The second-order valence-corrected chi connectivity index (χ2v) is 27.5. The third-order valence-electron chi connectivity index (χ3n) is 22.0. The molecule has 25 aromatic rings. The highest BCUT2D eigenvalue weighted by molar-refractivity contribution is 6.44. The summed E-state index contributed by atoms with van der Waals surface area (Å²) in [5.41, 5.74) is 13.4. The van der Waals surface area contributed by atoms with Crippen molar-refractivity contribution in [2.45, 2.75) is 13.8 Å². The monoisotopic (exact) mass is 1300 g/mol. The van der Waals surface area contributed by atoms with Gasteiger partial charge in [-0.3, -0.25) is 0 Å². The molecule has 0 N–H and O–H groups in total. The number of hydrogen-bond acceptors (Lipinski definition) is 6. The van der Waals surface area contributed by atoms with Crippen molar-refractivity contribution in [1.29, 1.82) is 0 Å². The lowest BCUT2D eigenvalue weighted by Gasteiger charge is -2.18. The van der Waals surface area contributed by atoms with E-state index in [1.54, 1.807) is 0 Å². The van der Waals surface area contributed by atoms with Crippen LogP contribution in [0.5, 0.6) is 0 Å². The van der Waals surface area contributed by atoms with E-state index in [0.29, 0.717) is 0 Å². The average Bonchev–Trinajstić information content (AvgIpc) is 0.706. The number of hydrogen-bond donors (Lipinski definition) is 0. The largest absolute Gasteiger partial charge is 0.456 e. The molecular weight excluding hydrogens is 1250 g/mol. The lowest BCUT2D eigenvalue weighted by molar-refractivity contribution is 0.661. The maximum absolute atomic E-state index is 6.70. The van der Waals surface area contributed by atoms with Crippen molar-refractivity contribution >= 4 is 239 Å². The lowest BCUT2D eigenvalue weighted by atomic mass is 9.88. The molecule has 6 heteroatoms. The molecule has 0 unspecified atom stereocenters. The molecule has 0 aliphatic carbocycles. The van der Waals surface area contributed by atoms with Crippen molar-refractivity contribution in [3.8, 4) is 0 Å². The highest BCUT2D eigenvalue weighted by Crippen LogP contribution is 2.52. The van der Waals surface area contributed by atoms with Crippen molar-refractivity contribution in [3.05, 3.63) is 302 Å². The first-order valence-corrected chi connectivity index (χ1v) is 34.8. The molecule has 6 aromatic heterocycles. The van der Waals surface area contributed by atoms with Crippen LogP contribution in [0.1, 0.15) is 11.1 Å². The Balaban J connectivity index is 0.0000000944. The molecule has 0 amide bonds. The van der Waals surface area contributed by atoms with E-state index in [-0.39, 0.29) is 0 Å². The minimum atomic E-state index is 0.899. The lowest BCUT2D eigenvalue weighted by Crippen LogP contribution is -1.92. The van der Waals surface area contributed by atoms with Gasteiger partial charge in [-0.2, -0.15) is 0 Å². The van der Waals surface area contributed by atoms with Gasteiger partial charge < -0.3 is 26.5 Å². The molecule has 0 radical (unpaired) electrons. The van der Waals surface area contributed by atoms with Crippen LogP contribution in [-0.2, 0) is 0 Å². The highest BCUT2D eigenvalue weighted by Gasteiger charge is 2.26. The molecule has 6 heterocycles. The van der Waals surface area contributed by atoms with Gasteiger partial charge in [-0.05, 0) is 157 Å². The first-order chi connectivity index (χ1) is 50.4. The first-order valence-electron chi connectivity index (χ1n) is 34.8. The van der Waals surface area contributed by atoms with Crippen LogP contribution in [0, 0.1) is 13.8 Å². The van der Waals surface area contributed by atoms with E-state index < -0.39 is 0 Å². The fourth-order valence-corrected chi connectivity index (χ4v) is 18.0. The Morgan fingerprint density at radius 1 is 0.157 bits per heavy atom. The Kier molecular flexibility index (Phi) is 11.2. The van der Waals surface area contributed by atoms with Crippen LogP contribution in [0.2, 0.25) is 0 Å². The molecule has 0 bridgehead atoms. The standard InChI is InChI=1S/C34H18O2.C32H20O2.C30H16O2/c1-3-9-21-19(7-1)16-18-28-30(21)33-24-12-6-14-27-31(24)29(23-11-5-13-26(35-28)32(23)33)25-17-15-20-8-2-4-10-22(20)34(25)36-27;1-17-15-18(2)27-26(16-17)33-24-11-5-9-21-28-23-14-13-19-7-3-4-8-20(19)32(23)34-25-12-6-10-22(29(25)28)31(27)30(21)24;1-2-8-18-17(7-1)15-16-22-27-21-11-5-13-24-28(21)26(19-9-3-4-12-23(19)31-24)20-10-6-14-25(29(20)27)32-30(18)22/h1-18H;3-16H,1-2H3;1-16H. The molecule has 19 aromatic carbocycles. The number of para-hydroxylation sites is 1. The summed E-state index contributed by atoms with van der Waals surface area (Å²) >= 11 is 0. The third-order valence-corrected chi connectivity index (χ3v) is 22.0. The van der Waals surface area contributed by atoms with E-state index >= 15 is 0 Å². The van der Waals surface area contributed by atoms with E-state index in [1.165, 1.54) is 140 Å². The van der Waals surface area contributed by atoms with E-state index in [2.05, 4.69) is 293 Å². The van der Waals surface area contributed by atoms with Crippen molar-refractivity contribution in [2.75, 3.05) is 0 Å². The quantitative estimate of drug-likeness (QED) is 0.111. The van der Waals surface area contributed by atoms with Crippen molar-refractivity contribution in [1.82, 2.24) is 0 Å². The molecule has 0 aliphatic heterocycles. The van der Waals surface area contributed by atoms with E-state index in [0.717, 1.165) is 110 Å². The predicted molar refractivity (Wildman–Crippen MR) is 428 cm³/mol. The normalized spacial score (nSPS) is 12.4. The zero-order valence-electron chi connectivity index (χ0n) is 55.2. The van der Waals surface area contributed by atoms with Gasteiger partial charge in [0.2, 0.25) is 0 Å². The molecule has 474 valence electrons. The summed E-state index contributed by atoms with van der Waals surface area (Å²) in [6.45, 7) is 4.31. The van der Waals surface area contributed by atoms with Gasteiger partial charge in [0.25, 0.3) is 0 Å². The Bertz CT molecular complexity index is 8040. The summed E-state index contributed by atoms with van der Waals surface area (Å²) in [5, 5.41) is 37.9. The van der Waals surface area contributed by atoms with Gasteiger partial charge in [-0.15, -0.1) is 0 Å². The van der Waals surface area contributed by atoms with Gasteiger partial charge in [0.15, 0.2) is 0 Å². The van der Waals surface area contributed by atoms with Crippen LogP contribution in [0.25, 0.3) is 239 Å². The summed E-state index contributed by atoms with van der Waals surface area (Å²) in [7, 11) is 0. The summed E-state index contributed by atoms with van der Waals surface area (Å²) in [4.78, 5) is 0. The van der Waals surface area contributed by atoms with Gasteiger partial charge in [0.1, 0.15) is 67.0 Å². The van der Waals surface area contributed by atoms with E-state index in [9.17, 15) is 0 Å². The van der Waals surface area contributed by atoms with Crippen LogP contribution in [0.15, 0.2) is 318 Å². The molecular formula is C96H54O6. The molecule has 102 heavy (non-hydrogen) atoms. The Morgan fingerprint density at radius 3 is 0.873 bits per heavy atom. The molecule has 6 nitrogen and oxygen atoms in total. The van der Waals surface area contributed by atoms with Crippen LogP contribution in [-0.4, -0.2) is 0 Å². The zero-order chi connectivity index (χ0) is 66.7. The van der Waals surface area contributed by atoms with Gasteiger partial charge in [0, 0.05) is 113 Å². The molecule has 0 saturated heterocycles. The second kappa shape index (κ2) is 20.6. The maximum Gasteiger partial charge on any atom is 0.143 e. The van der Waals surface area contributed by atoms with E-state index in [4.69, 9.17) is 26.5 Å². The Morgan fingerprint density at radius 2 is 0.431 bits per heavy atom. The SMILES string of the molecule is Cc1cc(C)c2c(c1)oc1cccc3c1c2c1cccc2oc4c5ccccc5ccc4c3c21.c1ccc2c(c1)ccc1c2oc2cccc3c2c1c1cccc2oc4ccc5ccccc5c4c3c21.c1ccc2c(c1)ccc1c2oc2cccc3c2c1c1cccc2oc4ccccc4c3c21. The summed E-state index contributed by atoms with van der Waals surface area (Å²) in [6, 6.07) is 103. The third kappa shape index (κ3) is 7.56. The molecule has 0 atom stereocenters. The fourth-order valence-electron chi connectivity index (χ4n) is 18.0. The van der Waals surface area contributed by atoms with Gasteiger partial charge in [-0.25, -0.2) is 0 Å². The Hall–Kier alpha value is -13.4. The van der Waals surface area contributed by atoms with Crippen molar-refractivity contribution in [3.63, 3.8) is 0 Å². The summed E-state index contributed by atoms with van der Waals surface area (Å²) in [6.07, 6.45) is 0. The van der Waals surface area contributed by atoms with Gasteiger partial charge >= 0.3 is 0 Å². The van der Waals surface area contributed by atoms with E-state index in [1.807, 2.05) is 12.1 Å². The van der Waals surface area contributed by atoms with Crippen LogP contribution >= 0.6 is 0 Å². The van der Waals surface area contributed by atoms with Crippen LogP contribution in [0.3, 0.4) is 0 Å². The van der Waals surface area contributed by atoms with Crippen LogP contribution in [0.4, 0.5) is 0 Å². The molecule has 25 rings (SSSR count). The number of aryl methyl sites for hydroxylation is 2. The molecule has 0 aliphatic rings.